The van der Waals surface area contributed by atoms with Crippen molar-refractivity contribution in [3.05, 3.63) is 60.2 Å². The maximum absolute atomic E-state index is 12.4. The zero-order valence-electron chi connectivity index (χ0n) is 9.98. The van der Waals surface area contributed by atoms with Crippen molar-refractivity contribution in [2.45, 2.75) is 0 Å². The summed E-state index contributed by atoms with van der Waals surface area (Å²) in [6.07, 6.45) is 0. The predicted octanol–water partition coefficient (Wildman–Crippen LogP) is 2.28. The molecule has 0 unspecified atom stereocenters. The Labute approximate surface area is 116 Å². The van der Waals surface area contributed by atoms with Crippen LogP contribution in [0.25, 0.3) is 0 Å². The highest BCUT2D eigenvalue weighted by Crippen LogP contribution is 2.20. The topological polar surface area (TPSA) is 66.6 Å². The minimum absolute atomic E-state index is 0.0421. The number of phenolic OH excluding ortho intramolecular Hbond substituents is 1. The van der Waals surface area contributed by atoms with Crippen molar-refractivity contribution in [3.63, 3.8) is 0 Å². The molecule has 0 aliphatic heterocycles. The fraction of sp³-hybridized carbons (Fsp3) is 0. The van der Waals surface area contributed by atoms with Gasteiger partial charge in [0.2, 0.25) is 0 Å². The highest BCUT2D eigenvalue weighted by Gasteiger charge is 2.19. The molecule has 0 atom stereocenters. The minimum atomic E-state index is -0.307. The summed E-state index contributed by atoms with van der Waals surface area (Å²) in [5.74, 6) is -0.197. The number of anilines is 1. The van der Waals surface area contributed by atoms with Crippen LogP contribution in [-0.2, 0) is 0 Å². The molecule has 1 amide bonds. The number of nitrogens with zero attached hydrogens (tertiary/aromatic N) is 1. The van der Waals surface area contributed by atoms with Gasteiger partial charge in [-0.2, -0.15) is 0 Å². The molecule has 19 heavy (non-hydrogen) atoms. The second kappa shape index (κ2) is 5.49. The van der Waals surface area contributed by atoms with E-state index in [0.717, 1.165) is 0 Å². The summed E-state index contributed by atoms with van der Waals surface area (Å²) in [5.41, 5.74) is 6.62. The predicted molar refractivity (Wildman–Crippen MR) is 78.1 cm³/mol. The third-order valence-corrected chi connectivity index (χ3v) is 2.73. The van der Waals surface area contributed by atoms with E-state index in [1.54, 1.807) is 36.4 Å². The summed E-state index contributed by atoms with van der Waals surface area (Å²) in [4.78, 5) is 13.6. The van der Waals surface area contributed by atoms with Gasteiger partial charge in [0.25, 0.3) is 5.91 Å². The molecule has 96 valence electrons. The third-order valence-electron chi connectivity index (χ3n) is 2.55. The van der Waals surface area contributed by atoms with E-state index in [-0.39, 0.29) is 16.8 Å². The summed E-state index contributed by atoms with van der Waals surface area (Å²) < 4.78 is 0. The number of carbonyl (C=O) groups excluding carboxylic acids is 1. The van der Waals surface area contributed by atoms with Gasteiger partial charge in [0.05, 0.1) is 5.69 Å². The van der Waals surface area contributed by atoms with Crippen LogP contribution in [0, 0.1) is 0 Å². The number of carbonyl (C=O) groups is 1. The molecule has 0 heterocycles. The van der Waals surface area contributed by atoms with Gasteiger partial charge in [0, 0.05) is 5.56 Å². The number of phenols is 1. The second-order valence-corrected chi connectivity index (χ2v) is 4.28. The number of nitrogens with two attached hydrogens (primary N) is 1. The fourth-order valence-electron chi connectivity index (χ4n) is 1.66. The first-order valence-corrected chi connectivity index (χ1v) is 5.98. The molecule has 2 aromatic carbocycles. The number of hydrogen-bond donors (Lipinski definition) is 2. The zero-order valence-corrected chi connectivity index (χ0v) is 10.8. The molecule has 0 fully saturated rings. The van der Waals surface area contributed by atoms with Gasteiger partial charge >= 0.3 is 0 Å². The van der Waals surface area contributed by atoms with Crippen LogP contribution >= 0.6 is 12.2 Å². The molecule has 2 rings (SSSR count). The molecule has 0 bridgehead atoms. The Morgan fingerprint density at radius 3 is 2.16 bits per heavy atom. The largest absolute Gasteiger partial charge is 0.508 e. The molecule has 2 aromatic rings. The van der Waals surface area contributed by atoms with Gasteiger partial charge in [-0.25, -0.2) is 0 Å². The quantitative estimate of drug-likeness (QED) is 0.823. The van der Waals surface area contributed by atoms with Gasteiger partial charge in [0.15, 0.2) is 5.11 Å². The maximum Gasteiger partial charge on any atom is 0.264 e. The molecule has 0 radical (unpaired) electrons. The van der Waals surface area contributed by atoms with Gasteiger partial charge in [-0.1, -0.05) is 18.2 Å². The van der Waals surface area contributed by atoms with Crippen LogP contribution in [0.3, 0.4) is 0 Å². The lowest BCUT2D eigenvalue weighted by atomic mass is 10.2. The SMILES string of the molecule is NC(=S)N(C(=O)c1ccccc1)c1ccc(O)cc1. The summed E-state index contributed by atoms with van der Waals surface area (Å²) >= 11 is 4.93. The van der Waals surface area contributed by atoms with E-state index < -0.39 is 0 Å². The van der Waals surface area contributed by atoms with Crippen LogP contribution in [-0.4, -0.2) is 16.1 Å². The molecular weight excluding hydrogens is 260 g/mol. The number of thiocarbonyl (C=S) groups is 1. The van der Waals surface area contributed by atoms with Crippen molar-refractivity contribution in [2.24, 2.45) is 5.73 Å². The Hall–Kier alpha value is -2.40. The first kappa shape index (κ1) is 13.0. The Bertz CT molecular complexity index is 597. The van der Waals surface area contributed by atoms with Crippen LogP contribution < -0.4 is 10.6 Å². The first-order chi connectivity index (χ1) is 9.09. The van der Waals surface area contributed by atoms with Crippen molar-refractivity contribution in [1.82, 2.24) is 0 Å². The Morgan fingerprint density at radius 2 is 1.63 bits per heavy atom. The van der Waals surface area contributed by atoms with Crippen molar-refractivity contribution in [2.75, 3.05) is 4.90 Å². The summed E-state index contributed by atoms with van der Waals surface area (Å²) in [6.45, 7) is 0. The molecule has 0 aromatic heterocycles. The monoisotopic (exact) mass is 272 g/mol. The van der Waals surface area contributed by atoms with Crippen molar-refractivity contribution in [1.29, 1.82) is 0 Å². The van der Waals surface area contributed by atoms with Crippen LogP contribution in [0.15, 0.2) is 54.6 Å². The second-order valence-electron chi connectivity index (χ2n) is 3.86. The summed E-state index contributed by atoms with van der Waals surface area (Å²) in [6, 6.07) is 14.8. The Morgan fingerprint density at radius 1 is 1.05 bits per heavy atom. The minimum Gasteiger partial charge on any atom is -0.508 e. The molecule has 0 saturated heterocycles. The lowest BCUT2D eigenvalue weighted by Gasteiger charge is -2.20. The lowest BCUT2D eigenvalue weighted by Crippen LogP contribution is -2.40. The molecule has 5 heteroatoms. The van der Waals surface area contributed by atoms with Gasteiger partial charge in [-0.15, -0.1) is 0 Å². The van der Waals surface area contributed by atoms with Crippen LogP contribution in [0.4, 0.5) is 5.69 Å². The highest BCUT2D eigenvalue weighted by molar-refractivity contribution is 7.80. The molecule has 3 N–H and O–H groups in total. The third kappa shape index (κ3) is 2.89. The van der Waals surface area contributed by atoms with Gasteiger partial charge in [-0.05, 0) is 48.6 Å². The van der Waals surface area contributed by atoms with Crippen molar-refractivity contribution in [3.8, 4) is 5.75 Å². The molecular formula is C14H12N2O2S. The molecule has 0 aliphatic carbocycles. The smallest absolute Gasteiger partial charge is 0.264 e. The van der Waals surface area contributed by atoms with E-state index >= 15 is 0 Å². The zero-order chi connectivity index (χ0) is 13.8. The number of benzene rings is 2. The number of rotatable bonds is 2. The van der Waals surface area contributed by atoms with E-state index in [9.17, 15) is 9.90 Å². The average molecular weight is 272 g/mol. The summed E-state index contributed by atoms with van der Waals surface area (Å²) in [5, 5.41) is 9.22. The molecule has 4 nitrogen and oxygen atoms in total. The lowest BCUT2D eigenvalue weighted by molar-refractivity contribution is 0.100. The van der Waals surface area contributed by atoms with Crippen LogP contribution in [0.1, 0.15) is 10.4 Å². The maximum atomic E-state index is 12.4. The van der Waals surface area contributed by atoms with E-state index in [0.29, 0.717) is 11.3 Å². The van der Waals surface area contributed by atoms with E-state index in [1.165, 1.54) is 17.0 Å². The number of amides is 1. The average Bonchev–Trinajstić information content (AvgIpc) is 2.42. The highest BCUT2D eigenvalue weighted by atomic mass is 32.1. The number of aromatic hydroxyl groups is 1. The standard InChI is InChI=1S/C14H12N2O2S/c15-14(19)16(11-6-8-12(17)9-7-11)13(18)10-4-2-1-3-5-10/h1-9,17H,(H2,15,19). The van der Waals surface area contributed by atoms with Crippen molar-refractivity contribution < 1.29 is 9.90 Å². The normalized spacial score (nSPS) is 9.89. The van der Waals surface area contributed by atoms with E-state index in [2.05, 4.69) is 0 Å². The van der Waals surface area contributed by atoms with Gasteiger partial charge in [-0.3, -0.25) is 9.69 Å². The first-order valence-electron chi connectivity index (χ1n) is 5.57. The van der Waals surface area contributed by atoms with Gasteiger partial charge < -0.3 is 10.8 Å². The molecule has 0 spiro atoms. The van der Waals surface area contributed by atoms with Crippen molar-refractivity contribution >= 4 is 28.9 Å². The Balaban J connectivity index is 2.39. The van der Waals surface area contributed by atoms with Crippen LogP contribution in [0.2, 0.25) is 0 Å². The molecule has 0 aliphatic rings. The Kier molecular flexibility index (Phi) is 3.77. The molecule has 0 saturated carbocycles. The van der Waals surface area contributed by atoms with E-state index in [1.807, 2.05) is 6.07 Å². The van der Waals surface area contributed by atoms with Crippen LogP contribution in [0.5, 0.6) is 5.75 Å². The van der Waals surface area contributed by atoms with E-state index in [4.69, 9.17) is 18.0 Å². The number of hydrogen-bond acceptors (Lipinski definition) is 3. The summed E-state index contributed by atoms with van der Waals surface area (Å²) in [7, 11) is 0. The van der Waals surface area contributed by atoms with Gasteiger partial charge in [0.1, 0.15) is 5.75 Å². The fourth-order valence-corrected chi connectivity index (χ4v) is 1.84.